The monoisotopic (exact) mass is 461 g/mol. The Labute approximate surface area is 192 Å². The summed E-state index contributed by atoms with van der Waals surface area (Å²) in [5.41, 5.74) is 1.02. The molecule has 0 radical (unpaired) electrons. The number of ether oxygens (including phenoxy) is 2. The lowest BCUT2D eigenvalue weighted by Gasteiger charge is -2.36. The van der Waals surface area contributed by atoms with Crippen molar-refractivity contribution in [1.82, 2.24) is 4.90 Å². The fourth-order valence-electron chi connectivity index (χ4n) is 3.54. The first-order chi connectivity index (χ1) is 15.4. The quantitative estimate of drug-likeness (QED) is 0.394. The van der Waals surface area contributed by atoms with Gasteiger partial charge in [0, 0.05) is 42.8 Å². The highest BCUT2D eigenvalue weighted by atomic mass is 35.5. The van der Waals surface area contributed by atoms with Crippen molar-refractivity contribution in [2.24, 2.45) is 0 Å². The Morgan fingerprint density at radius 2 is 1.66 bits per heavy atom. The van der Waals surface area contributed by atoms with Crippen molar-refractivity contribution in [2.45, 2.75) is 26.7 Å². The van der Waals surface area contributed by atoms with Gasteiger partial charge in [-0.1, -0.05) is 25.4 Å². The van der Waals surface area contributed by atoms with Gasteiger partial charge in [-0.3, -0.25) is 14.9 Å². The first-order valence-corrected chi connectivity index (χ1v) is 11.2. The molecule has 172 valence electrons. The van der Waals surface area contributed by atoms with Crippen LogP contribution in [0.25, 0.3) is 0 Å². The van der Waals surface area contributed by atoms with Gasteiger partial charge in [0.15, 0.2) is 11.5 Å². The van der Waals surface area contributed by atoms with Crippen LogP contribution >= 0.6 is 11.6 Å². The van der Waals surface area contributed by atoms with Crippen molar-refractivity contribution in [2.75, 3.05) is 44.3 Å². The summed E-state index contributed by atoms with van der Waals surface area (Å²) in [5, 5.41) is 11.7. The van der Waals surface area contributed by atoms with Crippen molar-refractivity contribution >= 4 is 28.9 Å². The molecule has 1 aliphatic heterocycles. The molecule has 3 rings (SSSR count). The van der Waals surface area contributed by atoms with E-state index in [0.717, 1.165) is 12.8 Å². The van der Waals surface area contributed by atoms with Crippen LogP contribution in [0.4, 0.5) is 11.4 Å². The number of benzene rings is 2. The van der Waals surface area contributed by atoms with Crippen LogP contribution in [-0.4, -0.2) is 55.1 Å². The molecule has 0 aliphatic carbocycles. The average Bonchev–Trinajstić information content (AvgIpc) is 2.81. The topological polar surface area (TPSA) is 85.2 Å². The fraction of sp³-hybridized carbons (Fsp3) is 0.435. The van der Waals surface area contributed by atoms with Crippen LogP contribution in [0.2, 0.25) is 5.02 Å². The highest BCUT2D eigenvalue weighted by Gasteiger charge is 2.27. The molecule has 0 spiro atoms. The highest BCUT2D eigenvalue weighted by Crippen LogP contribution is 2.32. The summed E-state index contributed by atoms with van der Waals surface area (Å²) in [6.45, 7) is 7.06. The van der Waals surface area contributed by atoms with Crippen molar-refractivity contribution in [3.05, 3.63) is 57.1 Å². The largest absolute Gasteiger partial charge is 0.490 e. The minimum absolute atomic E-state index is 0.0299. The van der Waals surface area contributed by atoms with E-state index < -0.39 is 4.92 Å². The van der Waals surface area contributed by atoms with E-state index in [1.54, 1.807) is 35.2 Å². The predicted molar refractivity (Wildman–Crippen MR) is 124 cm³/mol. The summed E-state index contributed by atoms with van der Waals surface area (Å²) in [6.07, 6.45) is 1.73. The molecule has 1 saturated heterocycles. The predicted octanol–water partition coefficient (Wildman–Crippen LogP) is 4.79. The maximum Gasteiger partial charge on any atom is 0.294 e. The van der Waals surface area contributed by atoms with E-state index in [4.69, 9.17) is 21.1 Å². The molecular weight excluding hydrogens is 434 g/mol. The third kappa shape index (κ3) is 5.62. The van der Waals surface area contributed by atoms with E-state index >= 15 is 0 Å². The number of piperazine rings is 1. The molecule has 2 aromatic rings. The number of hydrogen-bond donors (Lipinski definition) is 0. The lowest BCUT2D eigenvalue weighted by molar-refractivity contribution is -0.384. The van der Waals surface area contributed by atoms with Gasteiger partial charge in [0.05, 0.1) is 18.1 Å². The Morgan fingerprint density at radius 1 is 1.00 bits per heavy atom. The Kier molecular flexibility index (Phi) is 8.16. The first kappa shape index (κ1) is 23.7. The molecular formula is C23H28ClN3O5. The van der Waals surface area contributed by atoms with E-state index in [9.17, 15) is 14.9 Å². The second-order valence-corrected chi connectivity index (χ2v) is 7.96. The number of hydrogen-bond acceptors (Lipinski definition) is 6. The molecule has 0 N–H and O–H groups in total. The van der Waals surface area contributed by atoms with Gasteiger partial charge < -0.3 is 19.3 Å². The number of nitro benzene ring substituents is 1. The van der Waals surface area contributed by atoms with E-state index in [1.165, 1.54) is 6.07 Å². The molecule has 2 aromatic carbocycles. The zero-order valence-corrected chi connectivity index (χ0v) is 19.1. The molecule has 8 nitrogen and oxygen atoms in total. The summed E-state index contributed by atoms with van der Waals surface area (Å²) < 4.78 is 11.5. The van der Waals surface area contributed by atoms with Gasteiger partial charge in [-0.2, -0.15) is 0 Å². The van der Waals surface area contributed by atoms with Crippen LogP contribution in [0.1, 0.15) is 37.0 Å². The standard InChI is InChI=1S/C23H28ClN3O5/c1-3-13-31-21-8-5-17(15-22(21)32-14-4-2)23(28)26-11-9-25(10-12-26)19-7-6-18(24)16-20(19)27(29)30/h5-8,15-16H,3-4,9-14H2,1-2H3. The second kappa shape index (κ2) is 11.0. The molecule has 1 fully saturated rings. The number of amides is 1. The van der Waals surface area contributed by atoms with Crippen molar-refractivity contribution < 1.29 is 19.2 Å². The smallest absolute Gasteiger partial charge is 0.294 e. The van der Waals surface area contributed by atoms with Crippen LogP contribution in [0.5, 0.6) is 11.5 Å². The number of nitro groups is 1. The second-order valence-electron chi connectivity index (χ2n) is 7.53. The van der Waals surface area contributed by atoms with Crippen LogP contribution < -0.4 is 14.4 Å². The van der Waals surface area contributed by atoms with E-state index in [0.29, 0.717) is 67.2 Å². The molecule has 1 heterocycles. The number of carbonyl (C=O) groups excluding carboxylic acids is 1. The zero-order valence-electron chi connectivity index (χ0n) is 18.4. The first-order valence-electron chi connectivity index (χ1n) is 10.8. The summed E-state index contributed by atoms with van der Waals surface area (Å²) in [6, 6.07) is 9.92. The summed E-state index contributed by atoms with van der Waals surface area (Å²) in [5.74, 6) is 1.11. The Balaban J connectivity index is 1.71. The lowest BCUT2D eigenvalue weighted by atomic mass is 10.1. The minimum Gasteiger partial charge on any atom is -0.490 e. The number of anilines is 1. The third-order valence-corrected chi connectivity index (χ3v) is 5.39. The molecule has 32 heavy (non-hydrogen) atoms. The lowest BCUT2D eigenvalue weighted by Crippen LogP contribution is -2.49. The minimum atomic E-state index is -0.432. The van der Waals surface area contributed by atoms with E-state index in [2.05, 4.69) is 0 Å². The average molecular weight is 462 g/mol. The number of rotatable bonds is 9. The van der Waals surface area contributed by atoms with Gasteiger partial charge in [-0.15, -0.1) is 0 Å². The molecule has 0 atom stereocenters. The maximum absolute atomic E-state index is 13.1. The van der Waals surface area contributed by atoms with Crippen molar-refractivity contribution in [1.29, 1.82) is 0 Å². The number of nitrogens with zero attached hydrogens (tertiary/aromatic N) is 3. The Bertz CT molecular complexity index is 961. The van der Waals surface area contributed by atoms with Crippen molar-refractivity contribution in [3.8, 4) is 11.5 Å². The van der Waals surface area contributed by atoms with Gasteiger partial charge in [-0.25, -0.2) is 0 Å². The van der Waals surface area contributed by atoms with Crippen molar-refractivity contribution in [3.63, 3.8) is 0 Å². The van der Waals surface area contributed by atoms with E-state index in [1.807, 2.05) is 18.7 Å². The van der Waals surface area contributed by atoms with Gasteiger partial charge in [0.25, 0.3) is 11.6 Å². The van der Waals surface area contributed by atoms with E-state index in [-0.39, 0.29) is 11.6 Å². The number of halogens is 1. The molecule has 0 unspecified atom stereocenters. The maximum atomic E-state index is 13.1. The van der Waals surface area contributed by atoms with Crippen LogP contribution in [-0.2, 0) is 0 Å². The summed E-state index contributed by atoms with van der Waals surface area (Å²) in [7, 11) is 0. The molecule has 1 aliphatic rings. The summed E-state index contributed by atoms with van der Waals surface area (Å²) >= 11 is 5.92. The normalized spacial score (nSPS) is 13.7. The molecule has 1 amide bonds. The summed E-state index contributed by atoms with van der Waals surface area (Å²) in [4.78, 5) is 27.7. The van der Waals surface area contributed by atoms with Crippen LogP contribution in [0.15, 0.2) is 36.4 Å². The third-order valence-electron chi connectivity index (χ3n) is 5.16. The Hall–Kier alpha value is -3.00. The molecule has 0 saturated carbocycles. The highest BCUT2D eigenvalue weighted by molar-refractivity contribution is 6.30. The SMILES string of the molecule is CCCOc1ccc(C(=O)N2CCN(c3ccc(Cl)cc3[N+](=O)[O-])CC2)cc1OCCC. The Morgan fingerprint density at radius 3 is 2.28 bits per heavy atom. The molecule has 0 bridgehead atoms. The van der Waals surface area contributed by atoms with Crippen LogP contribution in [0.3, 0.4) is 0 Å². The van der Waals surface area contributed by atoms with Gasteiger partial charge in [0.1, 0.15) is 5.69 Å². The molecule has 9 heteroatoms. The van der Waals surface area contributed by atoms with Gasteiger partial charge in [0.2, 0.25) is 0 Å². The van der Waals surface area contributed by atoms with Gasteiger partial charge >= 0.3 is 0 Å². The zero-order chi connectivity index (χ0) is 23.1. The van der Waals surface area contributed by atoms with Crippen LogP contribution in [0, 0.1) is 10.1 Å². The fourth-order valence-corrected chi connectivity index (χ4v) is 3.71. The number of carbonyl (C=O) groups is 1. The van der Waals surface area contributed by atoms with Gasteiger partial charge in [-0.05, 0) is 43.2 Å². The molecule has 0 aromatic heterocycles.